The van der Waals surface area contributed by atoms with E-state index in [0.29, 0.717) is 6.07 Å². The Morgan fingerprint density at radius 1 is 1.17 bits per heavy atom. The van der Waals surface area contributed by atoms with Crippen LogP contribution in [0.3, 0.4) is 0 Å². The van der Waals surface area contributed by atoms with Crippen molar-refractivity contribution >= 4 is 6.09 Å². The highest BCUT2D eigenvalue weighted by Gasteiger charge is 2.20. The molecule has 23 heavy (non-hydrogen) atoms. The van der Waals surface area contributed by atoms with Crippen molar-refractivity contribution in [3.8, 4) is 0 Å². The molecular weight excluding hydrogens is 304 g/mol. The molecule has 0 fully saturated rings. The molecule has 0 heterocycles. The second-order valence-electron chi connectivity index (χ2n) is 5.14. The Morgan fingerprint density at radius 2 is 1.78 bits per heavy atom. The first kappa shape index (κ1) is 16.9. The number of hydrogen-bond acceptors (Lipinski definition) is 3. The van der Waals surface area contributed by atoms with Gasteiger partial charge < -0.3 is 15.2 Å². The van der Waals surface area contributed by atoms with Gasteiger partial charge in [0.15, 0.2) is 0 Å². The number of aliphatic hydroxyl groups excluding tert-OH is 1. The lowest BCUT2D eigenvalue weighted by Crippen LogP contribution is -2.37. The van der Waals surface area contributed by atoms with Crippen LogP contribution in [-0.2, 0) is 11.3 Å². The molecular formula is C17H17F2NO3. The lowest BCUT2D eigenvalue weighted by Gasteiger charge is -2.20. The second-order valence-corrected chi connectivity index (χ2v) is 5.14. The molecule has 0 radical (unpaired) electrons. The molecule has 6 heteroatoms. The molecule has 0 aliphatic carbocycles. The maximum atomic E-state index is 13.2. The predicted octanol–water partition coefficient (Wildman–Crippen LogP) is 3.31. The van der Waals surface area contributed by atoms with Crippen LogP contribution in [0.25, 0.3) is 0 Å². The summed E-state index contributed by atoms with van der Waals surface area (Å²) in [6, 6.07) is 11.1. The molecule has 2 aromatic carbocycles. The molecule has 0 saturated carbocycles. The van der Waals surface area contributed by atoms with Crippen LogP contribution in [0.2, 0.25) is 0 Å². The topological polar surface area (TPSA) is 58.6 Å². The smallest absolute Gasteiger partial charge is 0.407 e. The number of rotatable bonds is 5. The number of amides is 1. The van der Waals surface area contributed by atoms with E-state index in [1.54, 1.807) is 12.1 Å². The molecule has 0 aliphatic rings. The standard InChI is InChI=1S/C17H17F2NO3/c1-11(16(21)13-7-14(18)9-15(19)8-13)20-17(22)23-10-12-5-3-2-4-6-12/h2-9,11,16,21H,10H2,1H3,(H,20,22)/t11-,16?/m0/s1. The number of carbonyl (C=O) groups is 1. The van der Waals surface area contributed by atoms with Crippen molar-refractivity contribution in [2.75, 3.05) is 0 Å². The molecule has 1 amide bonds. The van der Waals surface area contributed by atoms with Gasteiger partial charge >= 0.3 is 6.09 Å². The van der Waals surface area contributed by atoms with Gasteiger partial charge in [-0.3, -0.25) is 0 Å². The zero-order valence-corrected chi connectivity index (χ0v) is 12.5. The first-order valence-corrected chi connectivity index (χ1v) is 7.07. The van der Waals surface area contributed by atoms with Gasteiger partial charge in [0.1, 0.15) is 18.2 Å². The molecule has 1 unspecified atom stereocenters. The molecule has 2 atom stereocenters. The Kier molecular flexibility index (Phi) is 5.65. The molecule has 2 aromatic rings. The summed E-state index contributed by atoms with van der Waals surface area (Å²) in [6.07, 6.45) is -1.98. The van der Waals surface area contributed by atoms with E-state index in [9.17, 15) is 18.7 Å². The summed E-state index contributed by atoms with van der Waals surface area (Å²) in [5, 5.41) is 12.5. The van der Waals surface area contributed by atoms with Crippen molar-refractivity contribution in [1.29, 1.82) is 0 Å². The molecule has 2 N–H and O–H groups in total. The minimum Gasteiger partial charge on any atom is -0.445 e. The highest BCUT2D eigenvalue weighted by molar-refractivity contribution is 5.67. The SMILES string of the molecule is C[C@H](NC(=O)OCc1ccccc1)C(O)c1cc(F)cc(F)c1. The molecule has 4 nitrogen and oxygen atoms in total. The fraction of sp³-hybridized carbons (Fsp3) is 0.235. The van der Waals surface area contributed by atoms with Crippen molar-refractivity contribution in [2.45, 2.75) is 25.7 Å². The van der Waals surface area contributed by atoms with Crippen LogP contribution in [0.5, 0.6) is 0 Å². The first-order chi connectivity index (χ1) is 11.0. The van der Waals surface area contributed by atoms with Crippen molar-refractivity contribution in [3.05, 3.63) is 71.3 Å². The van der Waals surface area contributed by atoms with Crippen molar-refractivity contribution < 1.29 is 23.4 Å². The van der Waals surface area contributed by atoms with Gasteiger partial charge in [-0.2, -0.15) is 0 Å². The van der Waals surface area contributed by atoms with E-state index in [0.717, 1.165) is 17.7 Å². The van der Waals surface area contributed by atoms with Gasteiger partial charge in [-0.05, 0) is 30.2 Å². The van der Waals surface area contributed by atoms with Gasteiger partial charge in [-0.15, -0.1) is 0 Å². The highest BCUT2D eigenvalue weighted by atomic mass is 19.1. The lowest BCUT2D eigenvalue weighted by molar-refractivity contribution is 0.106. The minimum atomic E-state index is -1.26. The summed E-state index contributed by atoms with van der Waals surface area (Å²) in [5.41, 5.74) is 0.862. The quantitative estimate of drug-likeness (QED) is 0.888. The van der Waals surface area contributed by atoms with Gasteiger partial charge in [0.25, 0.3) is 0 Å². The Bertz CT molecular complexity index is 644. The first-order valence-electron chi connectivity index (χ1n) is 7.07. The maximum absolute atomic E-state index is 13.2. The fourth-order valence-corrected chi connectivity index (χ4v) is 2.06. The summed E-state index contributed by atoms with van der Waals surface area (Å²) >= 11 is 0. The summed E-state index contributed by atoms with van der Waals surface area (Å²) in [7, 11) is 0. The predicted molar refractivity (Wildman–Crippen MR) is 80.5 cm³/mol. The number of hydrogen-bond donors (Lipinski definition) is 2. The van der Waals surface area contributed by atoms with Gasteiger partial charge in [0.2, 0.25) is 0 Å². The average Bonchev–Trinajstić information content (AvgIpc) is 2.52. The molecule has 0 aromatic heterocycles. The number of aliphatic hydroxyl groups is 1. The number of alkyl carbamates (subject to hydrolysis) is 1. The van der Waals surface area contributed by atoms with Crippen LogP contribution < -0.4 is 5.32 Å². The summed E-state index contributed by atoms with van der Waals surface area (Å²) in [6.45, 7) is 1.60. The lowest BCUT2D eigenvalue weighted by atomic mass is 10.0. The summed E-state index contributed by atoms with van der Waals surface area (Å²) < 4.78 is 31.3. The molecule has 122 valence electrons. The van der Waals surface area contributed by atoms with E-state index in [1.807, 2.05) is 18.2 Å². The molecule has 0 bridgehead atoms. The third-order valence-electron chi connectivity index (χ3n) is 3.26. The third-order valence-corrected chi connectivity index (χ3v) is 3.26. The van der Waals surface area contributed by atoms with Crippen molar-refractivity contribution in [1.82, 2.24) is 5.32 Å². The highest BCUT2D eigenvalue weighted by Crippen LogP contribution is 2.19. The average molecular weight is 321 g/mol. The zero-order chi connectivity index (χ0) is 16.8. The third kappa shape index (κ3) is 5.03. The van der Waals surface area contributed by atoms with E-state index in [-0.39, 0.29) is 12.2 Å². The van der Waals surface area contributed by atoms with Crippen LogP contribution in [0, 0.1) is 11.6 Å². The number of carbonyl (C=O) groups excluding carboxylic acids is 1. The molecule has 0 spiro atoms. The van der Waals surface area contributed by atoms with Gasteiger partial charge in [0.05, 0.1) is 12.1 Å². The number of nitrogens with one attached hydrogen (secondary N) is 1. The Hall–Kier alpha value is -2.47. The van der Waals surface area contributed by atoms with E-state index in [2.05, 4.69) is 5.32 Å². The van der Waals surface area contributed by atoms with Crippen molar-refractivity contribution in [2.24, 2.45) is 0 Å². The second kappa shape index (κ2) is 7.69. The molecule has 0 aliphatic heterocycles. The largest absolute Gasteiger partial charge is 0.445 e. The minimum absolute atomic E-state index is 0.0401. The maximum Gasteiger partial charge on any atom is 0.407 e. The van der Waals surface area contributed by atoms with Crippen LogP contribution in [0.4, 0.5) is 13.6 Å². The fourth-order valence-electron chi connectivity index (χ4n) is 2.06. The van der Waals surface area contributed by atoms with Crippen molar-refractivity contribution in [3.63, 3.8) is 0 Å². The van der Waals surface area contributed by atoms with Crippen LogP contribution >= 0.6 is 0 Å². The Morgan fingerprint density at radius 3 is 2.39 bits per heavy atom. The van der Waals surface area contributed by atoms with Crippen LogP contribution in [0.15, 0.2) is 48.5 Å². The number of halogens is 2. The van der Waals surface area contributed by atoms with Crippen LogP contribution in [0.1, 0.15) is 24.2 Å². The van der Waals surface area contributed by atoms with Gasteiger partial charge in [-0.25, -0.2) is 13.6 Å². The molecule has 0 saturated heterocycles. The van der Waals surface area contributed by atoms with E-state index < -0.39 is 29.9 Å². The number of ether oxygens (including phenoxy) is 1. The van der Waals surface area contributed by atoms with E-state index >= 15 is 0 Å². The Balaban J connectivity index is 1.89. The number of benzene rings is 2. The normalized spacial score (nSPS) is 13.2. The van der Waals surface area contributed by atoms with E-state index in [1.165, 1.54) is 6.92 Å². The van der Waals surface area contributed by atoms with Crippen LogP contribution in [-0.4, -0.2) is 17.2 Å². The zero-order valence-electron chi connectivity index (χ0n) is 12.5. The van der Waals surface area contributed by atoms with Gasteiger partial charge in [-0.1, -0.05) is 30.3 Å². The van der Waals surface area contributed by atoms with E-state index in [4.69, 9.17) is 4.74 Å². The monoisotopic (exact) mass is 321 g/mol. The summed E-state index contributed by atoms with van der Waals surface area (Å²) in [5.74, 6) is -1.59. The van der Waals surface area contributed by atoms with Gasteiger partial charge in [0, 0.05) is 6.07 Å². The Labute approximate surface area is 132 Å². The summed E-state index contributed by atoms with van der Waals surface area (Å²) in [4.78, 5) is 11.7. The molecule has 2 rings (SSSR count).